The standard InChI is InChI=1S/C14H20N2O4/c1-10(18)11-5-6-13(14(9-11)16(19)20)15(7-8-17)12-3-2-4-12/h5-6,9-10,12,17-18H,2-4,7-8H2,1H3/t10-/m0/s1. The van der Waals surface area contributed by atoms with Crippen LogP contribution in [0, 0.1) is 10.1 Å². The van der Waals surface area contributed by atoms with E-state index in [0.29, 0.717) is 17.8 Å². The SMILES string of the molecule is C[C@H](O)c1ccc(N(CCO)C2CCC2)c([N+](=O)[O-])c1. The van der Waals surface area contributed by atoms with Gasteiger partial charge in [0.1, 0.15) is 5.69 Å². The van der Waals surface area contributed by atoms with Gasteiger partial charge in [0, 0.05) is 18.7 Å². The zero-order valence-electron chi connectivity index (χ0n) is 11.5. The summed E-state index contributed by atoms with van der Waals surface area (Å²) in [5.74, 6) is 0. The van der Waals surface area contributed by atoms with Crippen molar-refractivity contribution in [2.45, 2.75) is 38.3 Å². The van der Waals surface area contributed by atoms with Crippen LogP contribution in [0.4, 0.5) is 11.4 Å². The highest BCUT2D eigenvalue weighted by Crippen LogP contribution is 2.36. The molecule has 0 radical (unpaired) electrons. The van der Waals surface area contributed by atoms with Crippen molar-refractivity contribution >= 4 is 11.4 Å². The molecule has 1 aliphatic carbocycles. The monoisotopic (exact) mass is 280 g/mol. The van der Waals surface area contributed by atoms with Crippen LogP contribution in [0.2, 0.25) is 0 Å². The lowest BCUT2D eigenvalue weighted by atomic mass is 9.90. The van der Waals surface area contributed by atoms with Gasteiger partial charge < -0.3 is 15.1 Å². The molecule has 0 aromatic heterocycles. The highest BCUT2D eigenvalue weighted by Gasteiger charge is 2.29. The molecule has 1 atom stereocenters. The van der Waals surface area contributed by atoms with Crippen molar-refractivity contribution < 1.29 is 15.1 Å². The van der Waals surface area contributed by atoms with E-state index in [1.165, 1.54) is 6.07 Å². The largest absolute Gasteiger partial charge is 0.395 e. The van der Waals surface area contributed by atoms with Crippen molar-refractivity contribution in [1.29, 1.82) is 0 Å². The van der Waals surface area contributed by atoms with Gasteiger partial charge in [-0.25, -0.2) is 0 Å². The van der Waals surface area contributed by atoms with Crippen LogP contribution in [0.15, 0.2) is 18.2 Å². The minimum atomic E-state index is -0.738. The van der Waals surface area contributed by atoms with Gasteiger partial charge in [-0.1, -0.05) is 6.07 Å². The van der Waals surface area contributed by atoms with Crippen molar-refractivity contribution in [3.8, 4) is 0 Å². The highest BCUT2D eigenvalue weighted by atomic mass is 16.6. The molecule has 6 nitrogen and oxygen atoms in total. The number of anilines is 1. The molecule has 0 spiro atoms. The summed E-state index contributed by atoms with van der Waals surface area (Å²) in [5.41, 5.74) is 1.04. The third-order valence-corrected chi connectivity index (χ3v) is 3.84. The number of nitrogens with zero attached hydrogens (tertiary/aromatic N) is 2. The first-order valence-corrected chi connectivity index (χ1v) is 6.88. The van der Waals surface area contributed by atoms with Crippen LogP contribution in [-0.4, -0.2) is 34.3 Å². The molecule has 110 valence electrons. The molecule has 0 saturated heterocycles. The molecule has 1 fully saturated rings. The Bertz CT molecular complexity index is 486. The van der Waals surface area contributed by atoms with E-state index >= 15 is 0 Å². The van der Waals surface area contributed by atoms with Gasteiger partial charge in [0.2, 0.25) is 0 Å². The second-order valence-corrected chi connectivity index (χ2v) is 5.18. The van der Waals surface area contributed by atoms with Gasteiger partial charge in [-0.2, -0.15) is 0 Å². The number of nitro benzene ring substituents is 1. The van der Waals surface area contributed by atoms with Crippen LogP contribution in [0.3, 0.4) is 0 Å². The van der Waals surface area contributed by atoms with E-state index in [1.807, 2.05) is 4.90 Å². The Morgan fingerprint density at radius 2 is 2.20 bits per heavy atom. The molecule has 6 heteroatoms. The number of rotatable bonds is 6. The lowest BCUT2D eigenvalue weighted by molar-refractivity contribution is -0.384. The minimum Gasteiger partial charge on any atom is -0.395 e. The van der Waals surface area contributed by atoms with Crippen molar-refractivity contribution in [2.24, 2.45) is 0 Å². The minimum absolute atomic E-state index is 0.0104. The van der Waals surface area contributed by atoms with Crippen LogP contribution in [-0.2, 0) is 0 Å². The molecular weight excluding hydrogens is 260 g/mol. The molecule has 1 aromatic rings. The zero-order chi connectivity index (χ0) is 14.7. The second-order valence-electron chi connectivity index (χ2n) is 5.18. The molecule has 1 aliphatic rings. The predicted octanol–water partition coefficient (Wildman–Crippen LogP) is 2.00. The van der Waals surface area contributed by atoms with Gasteiger partial charge in [0.25, 0.3) is 5.69 Å². The summed E-state index contributed by atoms with van der Waals surface area (Å²) in [4.78, 5) is 12.8. The fraction of sp³-hybridized carbons (Fsp3) is 0.571. The molecule has 0 bridgehead atoms. The number of benzene rings is 1. The van der Waals surface area contributed by atoms with Crippen LogP contribution < -0.4 is 4.90 Å². The van der Waals surface area contributed by atoms with Gasteiger partial charge in [0.05, 0.1) is 17.6 Å². The third kappa shape index (κ3) is 2.91. The van der Waals surface area contributed by atoms with Crippen LogP contribution in [0.25, 0.3) is 0 Å². The number of aliphatic hydroxyl groups is 2. The first-order valence-electron chi connectivity index (χ1n) is 6.88. The van der Waals surface area contributed by atoms with E-state index < -0.39 is 11.0 Å². The predicted molar refractivity (Wildman–Crippen MR) is 75.8 cm³/mol. The molecule has 1 saturated carbocycles. The van der Waals surface area contributed by atoms with E-state index in [9.17, 15) is 20.3 Å². The number of aliphatic hydroxyl groups excluding tert-OH is 2. The summed E-state index contributed by atoms with van der Waals surface area (Å²) < 4.78 is 0. The second kappa shape index (κ2) is 6.19. The van der Waals surface area contributed by atoms with E-state index in [0.717, 1.165) is 19.3 Å². The molecule has 1 aromatic carbocycles. The van der Waals surface area contributed by atoms with Crippen LogP contribution in [0.5, 0.6) is 0 Å². The molecular formula is C14H20N2O4. The fourth-order valence-electron chi connectivity index (χ4n) is 2.50. The molecule has 2 rings (SSSR count). The molecule has 0 amide bonds. The Morgan fingerprint density at radius 1 is 1.50 bits per heavy atom. The quantitative estimate of drug-likeness (QED) is 0.614. The van der Waals surface area contributed by atoms with Gasteiger partial charge in [0.15, 0.2) is 0 Å². The molecule has 0 unspecified atom stereocenters. The molecule has 0 aliphatic heterocycles. The number of nitro groups is 1. The summed E-state index contributed by atoms with van der Waals surface area (Å²) in [6.45, 7) is 1.93. The lowest BCUT2D eigenvalue weighted by Crippen LogP contribution is -2.42. The maximum atomic E-state index is 11.3. The Hall–Kier alpha value is -1.66. The van der Waals surface area contributed by atoms with Crippen molar-refractivity contribution in [1.82, 2.24) is 0 Å². The van der Waals surface area contributed by atoms with Crippen molar-refractivity contribution in [3.05, 3.63) is 33.9 Å². The van der Waals surface area contributed by atoms with E-state index in [-0.39, 0.29) is 18.3 Å². The number of hydrogen-bond acceptors (Lipinski definition) is 5. The van der Waals surface area contributed by atoms with Crippen molar-refractivity contribution in [3.63, 3.8) is 0 Å². The topological polar surface area (TPSA) is 86.8 Å². The first-order chi connectivity index (χ1) is 9.54. The van der Waals surface area contributed by atoms with Crippen LogP contribution >= 0.6 is 0 Å². The normalized spacial score (nSPS) is 16.6. The summed E-state index contributed by atoms with van der Waals surface area (Å²) in [7, 11) is 0. The third-order valence-electron chi connectivity index (χ3n) is 3.84. The Morgan fingerprint density at radius 3 is 2.65 bits per heavy atom. The molecule has 2 N–H and O–H groups in total. The summed E-state index contributed by atoms with van der Waals surface area (Å²) in [5, 5.41) is 30.0. The molecule has 0 heterocycles. The maximum absolute atomic E-state index is 11.3. The van der Waals surface area contributed by atoms with Gasteiger partial charge in [-0.05, 0) is 37.8 Å². The van der Waals surface area contributed by atoms with E-state index in [4.69, 9.17) is 0 Å². The Kier molecular flexibility index (Phi) is 4.57. The number of hydrogen-bond donors (Lipinski definition) is 2. The van der Waals surface area contributed by atoms with Gasteiger partial charge in [-0.3, -0.25) is 10.1 Å². The summed E-state index contributed by atoms with van der Waals surface area (Å²) in [6, 6.07) is 5.06. The average molecular weight is 280 g/mol. The zero-order valence-corrected chi connectivity index (χ0v) is 11.5. The van der Waals surface area contributed by atoms with Gasteiger partial charge >= 0.3 is 0 Å². The average Bonchev–Trinajstić information content (AvgIpc) is 2.35. The summed E-state index contributed by atoms with van der Waals surface area (Å²) >= 11 is 0. The van der Waals surface area contributed by atoms with E-state index in [1.54, 1.807) is 19.1 Å². The van der Waals surface area contributed by atoms with E-state index in [2.05, 4.69) is 0 Å². The fourth-order valence-corrected chi connectivity index (χ4v) is 2.50. The summed E-state index contributed by atoms with van der Waals surface area (Å²) in [6.07, 6.45) is 2.37. The first kappa shape index (κ1) is 14.7. The Labute approximate surface area is 117 Å². The molecule has 20 heavy (non-hydrogen) atoms. The van der Waals surface area contributed by atoms with Gasteiger partial charge in [-0.15, -0.1) is 0 Å². The lowest BCUT2D eigenvalue weighted by Gasteiger charge is -2.38. The maximum Gasteiger partial charge on any atom is 0.292 e. The van der Waals surface area contributed by atoms with Crippen LogP contribution in [0.1, 0.15) is 37.9 Å². The highest BCUT2D eigenvalue weighted by molar-refractivity contribution is 5.65. The smallest absolute Gasteiger partial charge is 0.292 e. The van der Waals surface area contributed by atoms with Crippen molar-refractivity contribution in [2.75, 3.05) is 18.1 Å². The Balaban J connectivity index is 2.39.